The second kappa shape index (κ2) is 9.06. The Labute approximate surface area is 177 Å². The predicted molar refractivity (Wildman–Crippen MR) is 113 cm³/mol. The van der Waals surface area contributed by atoms with E-state index in [1.54, 1.807) is 30.3 Å². The standard InChI is InChI=1S/C20H21BrN2O5S/c21-17-3-1-2-14(12-17)13-29(27,28)23-10-8-15(9-11-23)19(24)22-18-6-4-16(5-7-18)20(25)26/h1-7,12,15H,8-11,13H2,(H,22,24)(H,25,26). The Hall–Kier alpha value is -2.23. The molecular formula is C20H21BrN2O5S. The van der Waals surface area contributed by atoms with Gasteiger partial charge in [-0.2, -0.15) is 0 Å². The average molecular weight is 481 g/mol. The van der Waals surface area contributed by atoms with E-state index < -0.39 is 16.0 Å². The first-order chi connectivity index (χ1) is 13.7. The lowest BCUT2D eigenvalue weighted by Gasteiger charge is -2.30. The highest BCUT2D eigenvalue weighted by molar-refractivity contribution is 9.10. The lowest BCUT2D eigenvalue weighted by atomic mass is 9.97. The second-order valence-corrected chi connectivity index (χ2v) is 9.82. The van der Waals surface area contributed by atoms with Gasteiger partial charge in [-0.05, 0) is 54.8 Å². The molecule has 2 aromatic carbocycles. The lowest BCUT2D eigenvalue weighted by Crippen LogP contribution is -2.41. The number of nitrogens with one attached hydrogen (secondary N) is 1. The summed E-state index contributed by atoms with van der Waals surface area (Å²) in [5.74, 6) is -1.57. The van der Waals surface area contributed by atoms with Gasteiger partial charge >= 0.3 is 5.97 Å². The summed E-state index contributed by atoms with van der Waals surface area (Å²) in [7, 11) is -3.45. The minimum absolute atomic E-state index is 0.0702. The Bertz CT molecular complexity index is 1000. The number of nitrogens with zero attached hydrogens (tertiary/aromatic N) is 1. The lowest BCUT2D eigenvalue weighted by molar-refractivity contribution is -0.120. The Morgan fingerprint density at radius 3 is 2.34 bits per heavy atom. The summed E-state index contributed by atoms with van der Waals surface area (Å²) < 4.78 is 27.6. The molecular weight excluding hydrogens is 460 g/mol. The van der Waals surface area contributed by atoms with Crippen LogP contribution in [0.25, 0.3) is 0 Å². The molecule has 2 N–H and O–H groups in total. The Kier molecular flexibility index (Phi) is 6.71. The number of hydrogen-bond acceptors (Lipinski definition) is 4. The first-order valence-electron chi connectivity index (χ1n) is 9.11. The van der Waals surface area contributed by atoms with Gasteiger partial charge in [-0.3, -0.25) is 4.79 Å². The number of anilines is 1. The van der Waals surface area contributed by atoms with Crippen LogP contribution in [0.5, 0.6) is 0 Å². The fourth-order valence-electron chi connectivity index (χ4n) is 3.27. The van der Waals surface area contributed by atoms with Crippen LogP contribution in [0.1, 0.15) is 28.8 Å². The molecule has 1 aliphatic rings. The van der Waals surface area contributed by atoms with Crippen molar-refractivity contribution in [3.05, 3.63) is 64.1 Å². The van der Waals surface area contributed by atoms with Gasteiger partial charge < -0.3 is 10.4 Å². The van der Waals surface area contributed by atoms with E-state index in [1.165, 1.54) is 16.4 Å². The van der Waals surface area contributed by atoms with E-state index in [-0.39, 0.29) is 23.1 Å². The van der Waals surface area contributed by atoms with E-state index in [1.807, 2.05) is 6.07 Å². The van der Waals surface area contributed by atoms with Crippen LogP contribution in [0.15, 0.2) is 53.0 Å². The zero-order valence-electron chi connectivity index (χ0n) is 15.5. The van der Waals surface area contributed by atoms with Crippen molar-refractivity contribution in [1.29, 1.82) is 0 Å². The van der Waals surface area contributed by atoms with Crippen molar-refractivity contribution in [2.24, 2.45) is 5.92 Å². The summed E-state index contributed by atoms with van der Waals surface area (Å²) in [6.07, 6.45) is 0.882. The normalized spacial score (nSPS) is 15.8. The molecule has 154 valence electrons. The molecule has 1 aliphatic heterocycles. The smallest absolute Gasteiger partial charge is 0.335 e. The van der Waals surface area contributed by atoms with Crippen molar-refractivity contribution in [1.82, 2.24) is 4.31 Å². The number of aromatic carboxylic acids is 1. The van der Waals surface area contributed by atoms with Gasteiger partial charge in [0.05, 0.1) is 11.3 Å². The Morgan fingerprint density at radius 1 is 1.10 bits per heavy atom. The Balaban J connectivity index is 1.55. The van der Waals surface area contributed by atoms with Crippen LogP contribution in [0.4, 0.5) is 5.69 Å². The van der Waals surface area contributed by atoms with E-state index in [0.717, 1.165) is 4.47 Å². The number of rotatable bonds is 6. The number of carboxylic acids is 1. The summed E-state index contributed by atoms with van der Waals surface area (Å²) in [6, 6.07) is 13.1. The van der Waals surface area contributed by atoms with Crippen LogP contribution < -0.4 is 5.32 Å². The average Bonchev–Trinajstić information content (AvgIpc) is 2.68. The highest BCUT2D eigenvalue weighted by atomic mass is 79.9. The molecule has 1 fully saturated rings. The molecule has 0 aliphatic carbocycles. The van der Waals surface area contributed by atoms with E-state index in [2.05, 4.69) is 21.2 Å². The molecule has 7 nitrogen and oxygen atoms in total. The Morgan fingerprint density at radius 2 is 1.76 bits per heavy atom. The maximum Gasteiger partial charge on any atom is 0.335 e. The highest BCUT2D eigenvalue weighted by Crippen LogP contribution is 2.24. The van der Waals surface area contributed by atoms with Crippen molar-refractivity contribution in [2.75, 3.05) is 18.4 Å². The van der Waals surface area contributed by atoms with E-state index in [0.29, 0.717) is 37.2 Å². The van der Waals surface area contributed by atoms with Crippen LogP contribution in [0, 0.1) is 5.92 Å². The van der Waals surface area contributed by atoms with Gasteiger partial charge in [-0.25, -0.2) is 17.5 Å². The van der Waals surface area contributed by atoms with Gasteiger partial charge in [0.2, 0.25) is 15.9 Å². The van der Waals surface area contributed by atoms with E-state index in [9.17, 15) is 18.0 Å². The van der Waals surface area contributed by atoms with Crippen LogP contribution in [0.3, 0.4) is 0 Å². The van der Waals surface area contributed by atoms with E-state index >= 15 is 0 Å². The number of benzene rings is 2. The molecule has 9 heteroatoms. The molecule has 0 atom stereocenters. The fraction of sp³-hybridized carbons (Fsp3) is 0.300. The number of halogens is 1. The van der Waals surface area contributed by atoms with Gasteiger partial charge in [0.25, 0.3) is 0 Å². The number of carboxylic acid groups (broad SMARTS) is 1. The van der Waals surface area contributed by atoms with Crippen molar-refractivity contribution in [3.8, 4) is 0 Å². The topological polar surface area (TPSA) is 104 Å². The molecule has 1 amide bonds. The molecule has 0 bridgehead atoms. The maximum atomic E-state index is 12.7. The molecule has 2 aromatic rings. The third kappa shape index (κ3) is 5.65. The third-order valence-corrected chi connectivity index (χ3v) is 7.20. The molecule has 3 rings (SSSR count). The number of piperidine rings is 1. The van der Waals surface area contributed by atoms with Gasteiger partial charge in [-0.15, -0.1) is 0 Å². The van der Waals surface area contributed by atoms with Gasteiger partial charge in [0.15, 0.2) is 0 Å². The summed E-state index contributed by atoms with van der Waals surface area (Å²) >= 11 is 3.35. The maximum absolute atomic E-state index is 12.7. The number of sulfonamides is 1. The third-order valence-electron chi connectivity index (χ3n) is 4.86. The van der Waals surface area contributed by atoms with Crippen LogP contribution >= 0.6 is 15.9 Å². The second-order valence-electron chi connectivity index (χ2n) is 6.93. The van der Waals surface area contributed by atoms with E-state index in [4.69, 9.17) is 5.11 Å². The monoisotopic (exact) mass is 480 g/mol. The highest BCUT2D eigenvalue weighted by Gasteiger charge is 2.31. The zero-order chi connectivity index (χ0) is 21.0. The number of hydrogen-bond donors (Lipinski definition) is 2. The summed E-state index contributed by atoms with van der Waals surface area (Å²) in [6.45, 7) is 0.596. The largest absolute Gasteiger partial charge is 0.478 e. The summed E-state index contributed by atoms with van der Waals surface area (Å²) in [5, 5.41) is 11.7. The number of amides is 1. The van der Waals surface area contributed by atoms with Crippen molar-refractivity contribution in [3.63, 3.8) is 0 Å². The SMILES string of the molecule is O=C(O)c1ccc(NC(=O)C2CCN(S(=O)(=O)Cc3cccc(Br)c3)CC2)cc1. The summed E-state index contributed by atoms with van der Waals surface area (Å²) in [5.41, 5.74) is 1.38. The molecule has 0 spiro atoms. The molecule has 0 saturated carbocycles. The number of carbonyl (C=O) groups is 2. The fourth-order valence-corrected chi connectivity index (χ4v) is 5.26. The summed E-state index contributed by atoms with van der Waals surface area (Å²) in [4.78, 5) is 23.4. The molecule has 1 heterocycles. The first-order valence-corrected chi connectivity index (χ1v) is 11.5. The molecule has 29 heavy (non-hydrogen) atoms. The predicted octanol–water partition coefficient (Wildman–Crippen LogP) is 3.33. The van der Waals surface area contributed by atoms with Crippen LogP contribution in [-0.4, -0.2) is 42.8 Å². The van der Waals surface area contributed by atoms with Gasteiger partial charge in [0.1, 0.15) is 0 Å². The van der Waals surface area contributed by atoms with Gasteiger partial charge in [0, 0.05) is 29.2 Å². The quantitative estimate of drug-likeness (QED) is 0.659. The van der Waals surface area contributed by atoms with Crippen molar-refractivity contribution >= 4 is 43.5 Å². The van der Waals surface area contributed by atoms with Crippen LogP contribution in [-0.2, 0) is 20.6 Å². The minimum Gasteiger partial charge on any atom is -0.478 e. The first kappa shape index (κ1) is 21.5. The van der Waals surface area contributed by atoms with Crippen molar-refractivity contribution in [2.45, 2.75) is 18.6 Å². The minimum atomic E-state index is -3.45. The number of carbonyl (C=O) groups excluding carboxylic acids is 1. The molecule has 0 radical (unpaired) electrons. The van der Waals surface area contributed by atoms with Crippen LogP contribution in [0.2, 0.25) is 0 Å². The molecule has 0 aromatic heterocycles. The van der Waals surface area contributed by atoms with Gasteiger partial charge in [-0.1, -0.05) is 28.1 Å². The molecule has 1 saturated heterocycles. The van der Waals surface area contributed by atoms with Crippen molar-refractivity contribution < 1.29 is 23.1 Å². The zero-order valence-corrected chi connectivity index (χ0v) is 17.9. The molecule has 0 unspecified atom stereocenters.